The highest BCUT2D eigenvalue weighted by Crippen LogP contribution is 2.41. The zero-order valence-electron chi connectivity index (χ0n) is 26.1. The molecule has 45 heavy (non-hydrogen) atoms. The first-order chi connectivity index (χ1) is 21.9. The third-order valence-electron chi connectivity index (χ3n) is 9.58. The Morgan fingerprint density at radius 1 is 1.11 bits per heavy atom. The molecule has 1 unspecified atom stereocenters. The molecule has 1 aromatic carbocycles. The minimum Gasteiger partial charge on any atom is -0.506 e. The summed E-state index contributed by atoms with van der Waals surface area (Å²) in [4.78, 5) is 36.4. The monoisotopic (exact) mass is 657 g/mol. The fourth-order valence-electron chi connectivity index (χ4n) is 6.69. The molecule has 6 rings (SSSR count). The number of nitrogens with zero attached hydrogens (tertiary/aromatic N) is 3. The van der Waals surface area contributed by atoms with Crippen LogP contribution in [0.4, 0.5) is 0 Å². The summed E-state index contributed by atoms with van der Waals surface area (Å²) in [7, 11) is 0. The van der Waals surface area contributed by atoms with E-state index in [0.29, 0.717) is 53.6 Å². The second-order valence-corrected chi connectivity index (χ2v) is 14.9. The minimum atomic E-state index is -0.729. The smallest absolute Gasteiger partial charge is 0.305 e. The first-order valence-corrected chi connectivity index (χ1v) is 18.4. The molecule has 2 aliphatic heterocycles. The number of unbranched alkanes of at least 4 members (excludes halogenated alkanes) is 6. The van der Waals surface area contributed by atoms with Crippen molar-refractivity contribution in [3.63, 3.8) is 0 Å². The number of H-pyrrole nitrogens is 1. The van der Waals surface area contributed by atoms with E-state index in [1.807, 2.05) is 10.3 Å². The summed E-state index contributed by atoms with van der Waals surface area (Å²) in [6, 6.07) is 3.20. The maximum absolute atomic E-state index is 13.2. The molecule has 4 N–H and O–H groups in total. The number of aliphatic hydroxyl groups is 1. The molecule has 3 aromatic rings. The van der Waals surface area contributed by atoms with Crippen molar-refractivity contribution in [1.82, 2.24) is 25.1 Å². The van der Waals surface area contributed by atoms with Gasteiger partial charge in [0.05, 0.1) is 34.6 Å². The van der Waals surface area contributed by atoms with Gasteiger partial charge in [-0.05, 0) is 57.7 Å². The van der Waals surface area contributed by atoms with Crippen LogP contribution in [0.2, 0.25) is 0 Å². The molecule has 1 atom stereocenters. The van der Waals surface area contributed by atoms with Crippen molar-refractivity contribution in [2.24, 2.45) is 0 Å². The number of morpholine rings is 1. The van der Waals surface area contributed by atoms with Gasteiger partial charge in [0.25, 0.3) is 5.91 Å². The van der Waals surface area contributed by atoms with Crippen molar-refractivity contribution in [3.8, 4) is 5.75 Å². The van der Waals surface area contributed by atoms with Gasteiger partial charge in [0.1, 0.15) is 17.0 Å². The second-order valence-electron chi connectivity index (χ2n) is 13.0. The third kappa shape index (κ3) is 8.33. The number of piperidine rings is 1. The summed E-state index contributed by atoms with van der Waals surface area (Å²) in [6.07, 6.45) is 12.1. The molecule has 4 heterocycles. The largest absolute Gasteiger partial charge is 0.506 e. The van der Waals surface area contributed by atoms with E-state index in [1.165, 1.54) is 57.4 Å². The van der Waals surface area contributed by atoms with Gasteiger partial charge >= 0.3 is 4.87 Å². The lowest BCUT2D eigenvalue weighted by Gasteiger charge is -2.47. The summed E-state index contributed by atoms with van der Waals surface area (Å²) in [5.41, 5.74) is 1.48. The Balaban J connectivity index is 0.791. The van der Waals surface area contributed by atoms with Crippen LogP contribution in [0.15, 0.2) is 22.3 Å². The molecule has 1 amide bonds. The number of hydrogen-bond donors (Lipinski definition) is 4. The first kappa shape index (κ1) is 32.6. The molecule has 0 radical (unpaired) electrons. The standard InChI is InChI=1S/C33H47N5O5S2/c39-26-11-10-24(29-28(26)36-32(42)45-29)27(40)20-34-14-6-4-2-1-3-5-7-15-37-16-12-33(13-17-37)22-38(18-19-43-33)31(41)25-21-44-30(35-25)23-8-9-23/h10-11,21,23,27,34,39-40H,1-9,12-20,22H2,(H,36,42). The van der Waals surface area contributed by atoms with Crippen LogP contribution in [-0.4, -0.2) is 93.9 Å². The number of aromatic amines is 1. The number of benzene rings is 1. The Bertz CT molecular complexity index is 1480. The van der Waals surface area contributed by atoms with Crippen LogP contribution in [0.3, 0.4) is 0 Å². The number of ether oxygens (including phenoxy) is 1. The Hall–Kier alpha value is -2.35. The van der Waals surface area contributed by atoms with Crippen molar-refractivity contribution in [3.05, 3.63) is 43.4 Å². The van der Waals surface area contributed by atoms with E-state index in [1.54, 1.807) is 17.4 Å². The molecule has 3 fully saturated rings. The second kappa shape index (κ2) is 15.0. The number of aliphatic hydroxyl groups excluding tert-OH is 1. The number of fused-ring (bicyclic) bond motifs is 1. The Morgan fingerprint density at radius 3 is 2.64 bits per heavy atom. The number of nitrogens with one attached hydrogen (secondary N) is 2. The molecule has 0 bridgehead atoms. The molecule has 2 aromatic heterocycles. The molecule has 1 saturated carbocycles. The summed E-state index contributed by atoms with van der Waals surface area (Å²) in [6.45, 7) is 6.44. The predicted octanol–water partition coefficient (Wildman–Crippen LogP) is 4.99. The Kier molecular flexibility index (Phi) is 10.9. The zero-order valence-corrected chi connectivity index (χ0v) is 27.7. The summed E-state index contributed by atoms with van der Waals surface area (Å²) in [5.74, 6) is 0.687. The van der Waals surface area contributed by atoms with Crippen LogP contribution >= 0.6 is 22.7 Å². The molecule has 246 valence electrons. The van der Waals surface area contributed by atoms with Crippen molar-refractivity contribution < 1.29 is 19.7 Å². The summed E-state index contributed by atoms with van der Waals surface area (Å²) < 4.78 is 6.92. The first-order valence-electron chi connectivity index (χ1n) is 16.8. The van der Waals surface area contributed by atoms with Gasteiger partial charge in [-0.1, -0.05) is 49.5 Å². The number of rotatable bonds is 15. The van der Waals surface area contributed by atoms with Gasteiger partial charge in [-0.3, -0.25) is 9.59 Å². The van der Waals surface area contributed by atoms with Gasteiger partial charge in [0.2, 0.25) is 0 Å². The fraction of sp³-hybridized carbons (Fsp3) is 0.667. The highest BCUT2D eigenvalue weighted by atomic mass is 32.1. The topological polar surface area (TPSA) is 131 Å². The number of amides is 1. The lowest BCUT2D eigenvalue weighted by Crippen LogP contribution is -2.58. The van der Waals surface area contributed by atoms with Crippen molar-refractivity contribution >= 4 is 38.8 Å². The molecule has 1 spiro atoms. The molecule has 10 nitrogen and oxygen atoms in total. The number of carbonyl (C=O) groups is 1. The molecular weight excluding hydrogens is 611 g/mol. The minimum absolute atomic E-state index is 0.0260. The number of hydrogen-bond acceptors (Lipinski definition) is 10. The number of thiazole rings is 2. The average Bonchev–Trinajstić information content (AvgIpc) is 3.63. The highest BCUT2D eigenvalue weighted by molar-refractivity contribution is 7.16. The van der Waals surface area contributed by atoms with Crippen LogP contribution in [0, 0.1) is 0 Å². The summed E-state index contributed by atoms with van der Waals surface area (Å²) in [5, 5.41) is 27.0. The molecule has 1 aliphatic carbocycles. The average molecular weight is 658 g/mol. The van der Waals surface area contributed by atoms with E-state index in [2.05, 4.69) is 20.2 Å². The van der Waals surface area contributed by atoms with Crippen LogP contribution in [0.5, 0.6) is 5.75 Å². The predicted molar refractivity (Wildman–Crippen MR) is 179 cm³/mol. The van der Waals surface area contributed by atoms with E-state index >= 15 is 0 Å². The molecule has 2 saturated heterocycles. The number of phenols is 1. The van der Waals surface area contributed by atoms with Gasteiger partial charge in [-0.2, -0.15) is 0 Å². The third-order valence-corrected chi connectivity index (χ3v) is 11.5. The van der Waals surface area contributed by atoms with Gasteiger partial charge < -0.3 is 35.1 Å². The Labute approximate surface area is 272 Å². The number of aromatic hydroxyl groups is 1. The van der Waals surface area contributed by atoms with E-state index in [9.17, 15) is 19.8 Å². The fourth-order valence-corrected chi connectivity index (χ4v) is 8.57. The summed E-state index contributed by atoms with van der Waals surface area (Å²) >= 11 is 2.65. The van der Waals surface area contributed by atoms with E-state index < -0.39 is 6.10 Å². The van der Waals surface area contributed by atoms with E-state index in [4.69, 9.17) is 4.74 Å². The van der Waals surface area contributed by atoms with Gasteiger partial charge in [0, 0.05) is 43.0 Å². The normalized spacial score (nSPS) is 19.4. The molecular formula is C33H47N5O5S2. The lowest BCUT2D eigenvalue weighted by atomic mass is 9.89. The highest BCUT2D eigenvalue weighted by Gasteiger charge is 2.41. The van der Waals surface area contributed by atoms with E-state index in [0.717, 1.165) is 61.8 Å². The van der Waals surface area contributed by atoms with Gasteiger partial charge in [0.15, 0.2) is 0 Å². The quantitative estimate of drug-likeness (QED) is 0.168. The van der Waals surface area contributed by atoms with Gasteiger partial charge in [-0.15, -0.1) is 11.3 Å². The number of likely N-dealkylation sites (tertiary alicyclic amines) is 1. The Morgan fingerprint density at radius 2 is 1.87 bits per heavy atom. The van der Waals surface area contributed by atoms with Crippen LogP contribution in [0.25, 0.3) is 10.2 Å². The lowest BCUT2D eigenvalue weighted by molar-refractivity contribution is -0.127. The SMILES string of the molecule is O=C(c1csc(C2CC2)n1)N1CCOC2(CCN(CCCCCCCCCNCC(O)c3ccc(O)c4[nH]c(=O)sc34)CC2)C1. The maximum Gasteiger partial charge on any atom is 0.305 e. The molecule has 3 aliphatic rings. The van der Waals surface area contributed by atoms with Crippen molar-refractivity contribution in [2.45, 2.75) is 88.3 Å². The van der Waals surface area contributed by atoms with Crippen molar-refractivity contribution in [1.29, 1.82) is 0 Å². The van der Waals surface area contributed by atoms with Crippen LogP contribution in [-0.2, 0) is 4.74 Å². The van der Waals surface area contributed by atoms with Crippen LogP contribution < -0.4 is 10.2 Å². The van der Waals surface area contributed by atoms with Crippen LogP contribution in [0.1, 0.15) is 104 Å². The van der Waals surface area contributed by atoms with Crippen molar-refractivity contribution in [2.75, 3.05) is 52.4 Å². The molecule has 12 heteroatoms. The number of carbonyl (C=O) groups excluding carboxylic acids is 1. The van der Waals surface area contributed by atoms with E-state index in [-0.39, 0.29) is 22.1 Å². The maximum atomic E-state index is 13.2. The zero-order chi connectivity index (χ0) is 31.2. The van der Waals surface area contributed by atoms with Gasteiger partial charge in [-0.25, -0.2) is 4.98 Å². The number of phenolic OH excluding ortho intramolecular Hbond substituents is 1. The number of aromatic nitrogens is 2.